The van der Waals surface area contributed by atoms with Gasteiger partial charge in [0.1, 0.15) is 6.61 Å². The zero-order valence-corrected chi connectivity index (χ0v) is 14.1. The van der Waals surface area contributed by atoms with Crippen LogP contribution in [0.2, 0.25) is 5.02 Å². The van der Waals surface area contributed by atoms with E-state index in [0.717, 1.165) is 11.1 Å². The first-order valence-corrected chi connectivity index (χ1v) is 7.56. The van der Waals surface area contributed by atoms with Gasteiger partial charge in [-0.05, 0) is 48.1 Å². The number of hydrogen-bond donors (Lipinski definition) is 3. The fourth-order valence-corrected chi connectivity index (χ4v) is 2.14. The van der Waals surface area contributed by atoms with Crippen LogP contribution in [0.3, 0.4) is 0 Å². The SMILES string of the molecule is COc1cc(C=[NH+]NC(N)=S)ccc1OCc1cccc(Cl)c1. The predicted molar refractivity (Wildman–Crippen MR) is 94.8 cm³/mol. The molecule has 0 fully saturated rings. The van der Waals surface area contributed by atoms with E-state index in [-0.39, 0.29) is 5.11 Å². The number of hydrazine groups is 1. The highest BCUT2D eigenvalue weighted by Crippen LogP contribution is 2.28. The molecule has 0 saturated heterocycles. The normalized spacial score (nSPS) is 10.5. The van der Waals surface area contributed by atoms with Crippen LogP contribution in [0.1, 0.15) is 11.1 Å². The van der Waals surface area contributed by atoms with Gasteiger partial charge >= 0.3 is 0 Å². The standard InChI is InChI=1S/C16H16ClN3O2S/c1-21-15-8-11(9-19-20-16(18)23)5-6-14(15)22-10-12-3-2-4-13(17)7-12/h2-9H,10H2,1H3,(H3,18,20,23)/p+1. The molecule has 0 aliphatic rings. The molecule has 0 atom stereocenters. The number of hydrazone groups is 1. The molecule has 0 spiro atoms. The molecule has 0 aromatic heterocycles. The van der Waals surface area contributed by atoms with E-state index in [0.29, 0.717) is 23.1 Å². The summed E-state index contributed by atoms with van der Waals surface area (Å²) in [6, 6.07) is 13.1. The van der Waals surface area contributed by atoms with Crippen LogP contribution in [-0.4, -0.2) is 18.4 Å². The number of nitrogens with two attached hydrogens (primary N) is 1. The molecular weight excluding hydrogens is 334 g/mol. The number of thiocarbonyl (C=S) groups is 1. The Labute approximate surface area is 145 Å². The largest absolute Gasteiger partial charge is 0.493 e. The van der Waals surface area contributed by atoms with E-state index >= 15 is 0 Å². The number of halogens is 1. The Balaban J connectivity index is 2.07. The molecule has 120 valence electrons. The zero-order chi connectivity index (χ0) is 16.7. The van der Waals surface area contributed by atoms with Gasteiger partial charge in [0.2, 0.25) is 5.11 Å². The van der Waals surface area contributed by atoms with E-state index in [2.05, 4.69) is 10.5 Å². The first-order valence-electron chi connectivity index (χ1n) is 6.78. The molecule has 0 aliphatic heterocycles. The van der Waals surface area contributed by atoms with Crippen molar-refractivity contribution in [2.24, 2.45) is 5.73 Å². The summed E-state index contributed by atoms with van der Waals surface area (Å²) in [6.07, 6.45) is 1.71. The van der Waals surface area contributed by atoms with Crippen molar-refractivity contribution in [1.82, 2.24) is 5.43 Å². The summed E-state index contributed by atoms with van der Waals surface area (Å²) in [5, 5.41) is 3.63. The lowest BCUT2D eigenvalue weighted by Gasteiger charge is -2.11. The minimum absolute atomic E-state index is 0.162. The first-order chi connectivity index (χ1) is 11.1. The molecule has 0 heterocycles. The molecule has 23 heavy (non-hydrogen) atoms. The molecule has 2 aromatic carbocycles. The van der Waals surface area contributed by atoms with Crippen molar-refractivity contribution in [2.45, 2.75) is 6.61 Å². The van der Waals surface area contributed by atoms with E-state index in [1.165, 1.54) is 0 Å². The van der Waals surface area contributed by atoms with Crippen molar-refractivity contribution in [3.8, 4) is 11.5 Å². The lowest BCUT2D eigenvalue weighted by molar-refractivity contribution is -0.499. The number of hydrogen-bond acceptors (Lipinski definition) is 3. The van der Waals surface area contributed by atoms with Crippen LogP contribution in [0.15, 0.2) is 42.5 Å². The summed E-state index contributed by atoms with van der Waals surface area (Å²) >= 11 is 10.7. The molecule has 2 aromatic rings. The van der Waals surface area contributed by atoms with Crippen molar-refractivity contribution >= 4 is 35.1 Å². The highest BCUT2D eigenvalue weighted by atomic mass is 35.5. The molecule has 0 unspecified atom stereocenters. The number of ether oxygens (including phenoxy) is 2. The van der Waals surface area contributed by atoms with Crippen molar-refractivity contribution < 1.29 is 14.6 Å². The van der Waals surface area contributed by atoms with Crippen LogP contribution in [0.25, 0.3) is 0 Å². The number of rotatable bonds is 6. The second kappa shape index (κ2) is 8.36. The molecule has 5 nitrogen and oxygen atoms in total. The highest BCUT2D eigenvalue weighted by molar-refractivity contribution is 7.80. The van der Waals surface area contributed by atoms with Crippen LogP contribution in [-0.2, 0) is 6.61 Å². The van der Waals surface area contributed by atoms with Gasteiger partial charge in [0, 0.05) is 10.6 Å². The molecule has 0 saturated carbocycles. The fraction of sp³-hybridized carbons (Fsp3) is 0.125. The zero-order valence-electron chi connectivity index (χ0n) is 12.5. The van der Waals surface area contributed by atoms with E-state index in [9.17, 15) is 0 Å². The van der Waals surface area contributed by atoms with Gasteiger partial charge in [0.25, 0.3) is 0 Å². The molecule has 2 rings (SSSR count). The predicted octanol–water partition coefficient (Wildman–Crippen LogP) is 1.18. The first kappa shape index (κ1) is 17.1. The molecule has 4 N–H and O–H groups in total. The van der Waals surface area contributed by atoms with Gasteiger partial charge in [-0.25, -0.2) is 0 Å². The van der Waals surface area contributed by atoms with Crippen LogP contribution in [0.4, 0.5) is 0 Å². The van der Waals surface area contributed by atoms with Crippen molar-refractivity contribution in [1.29, 1.82) is 0 Å². The summed E-state index contributed by atoms with van der Waals surface area (Å²) in [4.78, 5) is 0. The van der Waals surface area contributed by atoms with E-state index in [1.807, 2.05) is 42.5 Å². The van der Waals surface area contributed by atoms with Crippen LogP contribution in [0, 0.1) is 0 Å². The van der Waals surface area contributed by atoms with Crippen LogP contribution < -0.4 is 25.7 Å². The third-order valence-corrected chi connectivity index (χ3v) is 3.24. The van der Waals surface area contributed by atoms with Crippen molar-refractivity contribution in [3.05, 3.63) is 58.6 Å². The number of methoxy groups -OCH3 is 1. The Morgan fingerprint density at radius 2 is 2.13 bits per heavy atom. The topological polar surface area (TPSA) is 70.5 Å². The van der Waals surface area contributed by atoms with Gasteiger partial charge < -0.3 is 15.2 Å². The molecule has 0 aliphatic carbocycles. The number of nitrogens with one attached hydrogen (secondary N) is 2. The van der Waals surface area contributed by atoms with Gasteiger partial charge in [-0.1, -0.05) is 23.7 Å². The van der Waals surface area contributed by atoms with Crippen LogP contribution in [0.5, 0.6) is 11.5 Å². The van der Waals surface area contributed by atoms with E-state index < -0.39 is 0 Å². The Bertz CT molecular complexity index is 722. The molecule has 7 heteroatoms. The Morgan fingerprint density at radius 1 is 1.30 bits per heavy atom. The fourth-order valence-electron chi connectivity index (χ4n) is 1.87. The second-order valence-electron chi connectivity index (χ2n) is 4.61. The average molecular weight is 351 g/mol. The lowest BCUT2D eigenvalue weighted by Crippen LogP contribution is -2.82. The van der Waals surface area contributed by atoms with Crippen molar-refractivity contribution in [3.63, 3.8) is 0 Å². The van der Waals surface area contributed by atoms with Gasteiger partial charge in [-0.3, -0.25) is 0 Å². The van der Waals surface area contributed by atoms with Gasteiger partial charge in [0.05, 0.1) is 7.11 Å². The Kier molecular flexibility index (Phi) is 6.19. The minimum atomic E-state index is 0.162. The number of benzene rings is 2. The van der Waals surface area contributed by atoms with Gasteiger partial charge in [-0.2, -0.15) is 0 Å². The summed E-state index contributed by atoms with van der Waals surface area (Å²) in [6.45, 7) is 0.404. The van der Waals surface area contributed by atoms with Crippen molar-refractivity contribution in [2.75, 3.05) is 7.11 Å². The lowest BCUT2D eigenvalue weighted by atomic mass is 10.2. The summed E-state index contributed by atoms with van der Waals surface area (Å²) in [5.74, 6) is 1.27. The monoisotopic (exact) mass is 350 g/mol. The van der Waals surface area contributed by atoms with E-state index in [4.69, 9.17) is 39.0 Å². The Hall–Kier alpha value is -2.31. The smallest absolute Gasteiger partial charge is 0.221 e. The summed E-state index contributed by atoms with van der Waals surface area (Å²) in [5.41, 5.74) is 9.80. The summed E-state index contributed by atoms with van der Waals surface area (Å²) in [7, 11) is 1.59. The molecular formula is C16H17ClN3O2S+. The Morgan fingerprint density at radius 3 is 2.83 bits per heavy atom. The quantitative estimate of drug-likeness (QED) is 0.414. The maximum Gasteiger partial charge on any atom is 0.221 e. The average Bonchev–Trinajstić information content (AvgIpc) is 2.53. The third kappa shape index (κ3) is 5.43. The second-order valence-corrected chi connectivity index (χ2v) is 5.48. The maximum atomic E-state index is 5.96. The summed E-state index contributed by atoms with van der Waals surface area (Å²) < 4.78 is 11.1. The third-order valence-electron chi connectivity index (χ3n) is 2.91. The molecule has 0 radical (unpaired) electrons. The van der Waals surface area contributed by atoms with E-state index in [1.54, 1.807) is 13.3 Å². The minimum Gasteiger partial charge on any atom is -0.493 e. The van der Waals surface area contributed by atoms with Gasteiger partial charge in [0.15, 0.2) is 17.7 Å². The van der Waals surface area contributed by atoms with Gasteiger partial charge in [-0.15, -0.1) is 10.5 Å². The molecule has 0 amide bonds. The highest BCUT2D eigenvalue weighted by Gasteiger charge is 2.07. The van der Waals surface area contributed by atoms with Crippen LogP contribution >= 0.6 is 23.8 Å². The molecule has 0 bridgehead atoms. The maximum absolute atomic E-state index is 5.96.